The van der Waals surface area contributed by atoms with Crippen LogP contribution in [0.4, 0.5) is 0 Å². The minimum atomic E-state index is 0.212. The summed E-state index contributed by atoms with van der Waals surface area (Å²) < 4.78 is 0. The number of hydrogen-bond acceptors (Lipinski definition) is 0. The van der Waals surface area contributed by atoms with Crippen LogP contribution in [0.25, 0.3) is 0 Å². The van der Waals surface area contributed by atoms with Gasteiger partial charge in [-0.15, -0.1) is 0 Å². The third-order valence-electron chi connectivity index (χ3n) is 4.52. The van der Waals surface area contributed by atoms with E-state index in [1.807, 2.05) is 0 Å². The van der Waals surface area contributed by atoms with E-state index < -0.39 is 0 Å². The molecule has 0 aliphatic heterocycles. The lowest BCUT2D eigenvalue weighted by molar-refractivity contribution is 0.460. The number of hydrogen-bond donors (Lipinski definition) is 0. The van der Waals surface area contributed by atoms with Gasteiger partial charge in [0.2, 0.25) is 0 Å². The highest BCUT2D eigenvalue weighted by atomic mass is 14.3. The molecule has 21 heavy (non-hydrogen) atoms. The van der Waals surface area contributed by atoms with Crippen molar-refractivity contribution >= 4 is 0 Å². The Balaban J connectivity index is 3.43. The fraction of sp³-hybridized carbons (Fsp3) is 0.714. The van der Waals surface area contributed by atoms with Gasteiger partial charge in [0.15, 0.2) is 0 Å². The van der Waals surface area contributed by atoms with Gasteiger partial charge in [0.1, 0.15) is 0 Å². The SMILES string of the molecule is CCCC(c1cc(C(C)(C)C)cc(C(C)(C)C)c1)C(C)C. The molecule has 1 unspecified atom stereocenters. The maximum Gasteiger partial charge on any atom is -0.0132 e. The van der Waals surface area contributed by atoms with Crippen molar-refractivity contribution in [2.45, 2.75) is 91.9 Å². The Labute approximate surface area is 133 Å². The van der Waals surface area contributed by atoms with E-state index in [1.54, 1.807) is 5.56 Å². The van der Waals surface area contributed by atoms with Crippen molar-refractivity contribution in [1.82, 2.24) is 0 Å². The van der Waals surface area contributed by atoms with Crippen molar-refractivity contribution in [1.29, 1.82) is 0 Å². The average Bonchev–Trinajstić information content (AvgIpc) is 2.32. The fourth-order valence-corrected chi connectivity index (χ4v) is 2.93. The fourth-order valence-electron chi connectivity index (χ4n) is 2.93. The highest BCUT2D eigenvalue weighted by Gasteiger charge is 2.23. The molecule has 0 amide bonds. The van der Waals surface area contributed by atoms with E-state index in [9.17, 15) is 0 Å². The Morgan fingerprint density at radius 3 is 1.52 bits per heavy atom. The molecule has 1 rings (SSSR count). The standard InChI is InChI=1S/C21H36/c1-10-11-19(15(2)3)16-12-17(20(4,5)6)14-18(13-16)21(7,8)9/h12-15,19H,10-11H2,1-9H3. The molecule has 0 saturated heterocycles. The molecule has 120 valence electrons. The van der Waals surface area contributed by atoms with Crippen molar-refractivity contribution in [2.75, 3.05) is 0 Å². The first kappa shape index (κ1) is 18.3. The van der Waals surface area contributed by atoms with Crippen LogP contribution in [0.1, 0.15) is 97.8 Å². The molecule has 0 saturated carbocycles. The summed E-state index contributed by atoms with van der Waals surface area (Å²) in [6.07, 6.45) is 2.54. The van der Waals surface area contributed by atoms with Crippen LogP contribution >= 0.6 is 0 Å². The summed E-state index contributed by atoms with van der Waals surface area (Å²) in [4.78, 5) is 0. The Hall–Kier alpha value is -0.780. The van der Waals surface area contributed by atoms with E-state index >= 15 is 0 Å². The molecule has 0 heteroatoms. The summed E-state index contributed by atoms with van der Waals surface area (Å²) in [5.74, 6) is 1.38. The summed E-state index contributed by atoms with van der Waals surface area (Å²) in [6.45, 7) is 21.0. The van der Waals surface area contributed by atoms with Gasteiger partial charge in [-0.25, -0.2) is 0 Å². The van der Waals surface area contributed by atoms with Crippen molar-refractivity contribution in [3.05, 3.63) is 34.9 Å². The number of rotatable bonds is 4. The van der Waals surface area contributed by atoms with Gasteiger partial charge in [0.05, 0.1) is 0 Å². The summed E-state index contributed by atoms with van der Waals surface area (Å²) >= 11 is 0. The lowest BCUT2D eigenvalue weighted by Gasteiger charge is -2.29. The van der Waals surface area contributed by atoms with Crippen LogP contribution in [-0.2, 0) is 10.8 Å². The third-order valence-corrected chi connectivity index (χ3v) is 4.52. The molecule has 0 bridgehead atoms. The summed E-state index contributed by atoms with van der Waals surface area (Å²) in [6, 6.07) is 7.36. The van der Waals surface area contributed by atoms with E-state index in [0.717, 1.165) is 0 Å². The maximum atomic E-state index is 2.47. The first-order valence-corrected chi connectivity index (χ1v) is 8.62. The van der Waals surface area contributed by atoms with Crippen LogP contribution in [0.5, 0.6) is 0 Å². The summed E-state index contributed by atoms with van der Waals surface area (Å²) in [5, 5.41) is 0. The Morgan fingerprint density at radius 2 is 1.24 bits per heavy atom. The molecule has 0 aromatic heterocycles. The van der Waals surface area contributed by atoms with Crippen LogP contribution in [0, 0.1) is 5.92 Å². The molecular weight excluding hydrogens is 252 g/mol. The Bertz CT molecular complexity index is 420. The van der Waals surface area contributed by atoms with Crippen LogP contribution in [-0.4, -0.2) is 0 Å². The predicted molar refractivity (Wildman–Crippen MR) is 96.3 cm³/mol. The zero-order valence-electron chi connectivity index (χ0n) is 15.8. The lowest BCUT2D eigenvalue weighted by Crippen LogP contribution is -2.18. The van der Waals surface area contributed by atoms with Gasteiger partial charge in [-0.3, -0.25) is 0 Å². The average molecular weight is 289 g/mol. The van der Waals surface area contributed by atoms with E-state index in [4.69, 9.17) is 0 Å². The van der Waals surface area contributed by atoms with Gasteiger partial charge in [0, 0.05) is 0 Å². The predicted octanol–water partition coefficient (Wildman–Crippen LogP) is 6.82. The van der Waals surface area contributed by atoms with Crippen LogP contribution < -0.4 is 0 Å². The summed E-state index contributed by atoms with van der Waals surface area (Å²) in [7, 11) is 0. The Morgan fingerprint density at radius 1 is 0.810 bits per heavy atom. The quantitative estimate of drug-likeness (QED) is 0.570. The number of benzene rings is 1. The normalized spacial score (nSPS) is 14.6. The topological polar surface area (TPSA) is 0 Å². The first-order chi connectivity index (χ1) is 9.46. The lowest BCUT2D eigenvalue weighted by atomic mass is 9.76. The van der Waals surface area contributed by atoms with Crippen molar-refractivity contribution in [3.63, 3.8) is 0 Å². The van der Waals surface area contributed by atoms with E-state index in [-0.39, 0.29) is 10.8 Å². The largest absolute Gasteiger partial charge is 0.0654 e. The minimum Gasteiger partial charge on any atom is -0.0654 e. The molecule has 0 nitrogen and oxygen atoms in total. The highest BCUT2D eigenvalue weighted by Crippen LogP contribution is 2.36. The molecule has 0 aliphatic carbocycles. The van der Waals surface area contributed by atoms with E-state index in [2.05, 4.69) is 80.5 Å². The highest BCUT2D eigenvalue weighted by molar-refractivity contribution is 5.39. The molecule has 1 aromatic rings. The van der Waals surface area contributed by atoms with Gasteiger partial charge >= 0.3 is 0 Å². The molecule has 0 N–H and O–H groups in total. The monoisotopic (exact) mass is 288 g/mol. The van der Waals surface area contributed by atoms with Gasteiger partial charge in [-0.05, 0) is 45.8 Å². The van der Waals surface area contributed by atoms with Gasteiger partial charge < -0.3 is 0 Å². The smallest absolute Gasteiger partial charge is 0.0132 e. The second-order valence-electron chi connectivity index (χ2n) is 8.98. The Kier molecular flexibility index (Phi) is 5.69. The molecule has 0 heterocycles. The van der Waals surface area contributed by atoms with Crippen molar-refractivity contribution in [3.8, 4) is 0 Å². The maximum absolute atomic E-state index is 2.47. The van der Waals surface area contributed by atoms with Crippen molar-refractivity contribution in [2.24, 2.45) is 5.92 Å². The van der Waals surface area contributed by atoms with Crippen LogP contribution in [0.3, 0.4) is 0 Å². The van der Waals surface area contributed by atoms with Gasteiger partial charge in [-0.2, -0.15) is 0 Å². The minimum absolute atomic E-state index is 0.212. The second kappa shape index (κ2) is 6.55. The van der Waals surface area contributed by atoms with Crippen LogP contribution in [0.15, 0.2) is 18.2 Å². The second-order valence-corrected chi connectivity index (χ2v) is 8.98. The molecule has 0 fully saturated rings. The molecule has 1 aromatic carbocycles. The zero-order valence-corrected chi connectivity index (χ0v) is 15.8. The van der Waals surface area contributed by atoms with E-state index in [1.165, 1.54) is 24.0 Å². The molecule has 0 radical (unpaired) electrons. The first-order valence-electron chi connectivity index (χ1n) is 8.62. The van der Waals surface area contributed by atoms with E-state index in [0.29, 0.717) is 11.8 Å². The molecule has 0 aliphatic rings. The zero-order chi connectivity index (χ0) is 16.4. The third kappa shape index (κ3) is 4.87. The molecule has 0 spiro atoms. The molecular formula is C21H36. The van der Waals surface area contributed by atoms with Gasteiger partial charge in [-0.1, -0.05) is 86.9 Å². The summed E-state index contributed by atoms with van der Waals surface area (Å²) in [5.41, 5.74) is 4.93. The van der Waals surface area contributed by atoms with Gasteiger partial charge in [0.25, 0.3) is 0 Å². The van der Waals surface area contributed by atoms with Crippen molar-refractivity contribution < 1.29 is 0 Å². The molecule has 1 atom stereocenters. The van der Waals surface area contributed by atoms with Crippen LogP contribution in [0.2, 0.25) is 0 Å².